The van der Waals surface area contributed by atoms with Crippen molar-refractivity contribution < 1.29 is 0 Å². The molecule has 0 spiro atoms. The van der Waals surface area contributed by atoms with E-state index in [1.807, 2.05) is 13.8 Å². The third-order valence-electron chi connectivity index (χ3n) is 3.09. The lowest BCUT2D eigenvalue weighted by Gasteiger charge is -2.15. The average molecular weight is 276 g/mol. The maximum Gasteiger partial charge on any atom is 0.202 e. The summed E-state index contributed by atoms with van der Waals surface area (Å²) in [4.78, 5) is 4.49. The first kappa shape index (κ1) is 14.0. The molecule has 1 aromatic carbocycles. The van der Waals surface area contributed by atoms with Gasteiger partial charge in [0.05, 0.1) is 0 Å². The molecule has 1 aromatic heterocycles. The topological polar surface area (TPSA) is 63.8 Å². The molecule has 0 aliphatic rings. The fourth-order valence-electron chi connectivity index (χ4n) is 1.60. The van der Waals surface area contributed by atoms with Gasteiger partial charge < -0.3 is 11.1 Å². The zero-order valence-electron chi connectivity index (χ0n) is 11.6. The molecule has 0 amide bonds. The van der Waals surface area contributed by atoms with Crippen molar-refractivity contribution >= 4 is 16.7 Å². The van der Waals surface area contributed by atoms with Crippen LogP contribution in [-0.2, 0) is 6.42 Å². The van der Waals surface area contributed by atoms with Gasteiger partial charge in [-0.3, -0.25) is 0 Å². The zero-order chi connectivity index (χ0) is 13.8. The molecule has 0 fully saturated rings. The van der Waals surface area contributed by atoms with Crippen LogP contribution in [0.4, 0.5) is 5.13 Å². The largest absolute Gasteiger partial charge is 0.356 e. The van der Waals surface area contributed by atoms with E-state index in [-0.39, 0.29) is 12.1 Å². The molecule has 5 heteroatoms. The van der Waals surface area contributed by atoms with Crippen molar-refractivity contribution in [1.82, 2.24) is 9.36 Å². The molecule has 102 valence electrons. The summed E-state index contributed by atoms with van der Waals surface area (Å²) in [6, 6.07) is 8.74. The van der Waals surface area contributed by atoms with E-state index in [0.29, 0.717) is 0 Å². The van der Waals surface area contributed by atoms with Crippen LogP contribution in [0.5, 0.6) is 0 Å². The van der Waals surface area contributed by atoms with Gasteiger partial charge in [0.25, 0.3) is 0 Å². The predicted molar refractivity (Wildman–Crippen MR) is 80.6 cm³/mol. The van der Waals surface area contributed by atoms with E-state index in [1.54, 1.807) is 0 Å². The Morgan fingerprint density at radius 3 is 2.58 bits per heavy atom. The van der Waals surface area contributed by atoms with E-state index in [1.165, 1.54) is 22.7 Å². The molecule has 4 nitrogen and oxygen atoms in total. The van der Waals surface area contributed by atoms with Gasteiger partial charge in [-0.1, -0.05) is 29.8 Å². The van der Waals surface area contributed by atoms with E-state index in [4.69, 9.17) is 5.73 Å². The summed E-state index contributed by atoms with van der Waals surface area (Å²) >= 11 is 1.39. The van der Waals surface area contributed by atoms with Crippen LogP contribution in [-0.4, -0.2) is 21.4 Å². The molecule has 2 aromatic rings. The van der Waals surface area contributed by atoms with Gasteiger partial charge >= 0.3 is 0 Å². The van der Waals surface area contributed by atoms with Crippen LogP contribution in [0.3, 0.4) is 0 Å². The molecule has 2 atom stereocenters. The van der Waals surface area contributed by atoms with Crippen LogP contribution >= 0.6 is 11.5 Å². The number of anilines is 1. The highest BCUT2D eigenvalue weighted by atomic mass is 32.1. The van der Waals surface area contributed by atoms with Crippen LogP contribution in [0.25, 0.3) is 0 Å². The van der Waals surface area contributed by atoms with Crippen molar-refractivity contribution in [2.75, 3.05) is 5.32 Å². The van der Waals surface area contributed by atoms with Gasteiger partial charge in [-0.15, -0.1) is 0 Å². The molecule has 2 rings (SSSR count). The second-order valence-corrected chi connectivity index (χ2v) is 5.72. The van der Waals surface area contributed by atoms with Crippen molar-refractivity contribution in [2.45, 2.75) is 39.3 Å². The molecule has 0 aliphatic carbocycles. The Kier molecular flexibility index (Phi) is 4.50. The Bertz CT molecular complexity index is 518. The maximum absolute atomic E-state index is 5.82. The van der Waals surface area contributed by atoms with Crippen LogP contribution in [0.1, 0.15) is 30.8 Å². The second-order valence-electron chi connectivity index (χ2n) is 4.97. The highest BCUT2D eigenvalue weighted by Gasteiger charge is 2.10. The molecular weight excluding hydrogens is 256 g/mol. The second kappa shape index (κ2) is 6.12. The molecule has 0 radical (unpaired) electrons. The third kappa shape index (κ3) is 4.01. The monoisotopic (exact) mass is 276 g/mol. The third-order valence-corrected chi connectivity index (χ3v) is 3.77. The summed E-state index contributed by atoms with van der Waals surface area (Å²) in [5, 5.41) is 4.12. The lowest BCUT2D eigenvalue weighted by Crippen LogP contribution is -2.35. The molecule has 0 aliphatic heterocycles. The SMILES string of the molecule is Cc1ccc(Cc2nsc(NC(C)C(C)N)n2)cc1. The van der Waals surface area contributed by atoms with E-state index in [0.717, 1.165) is 17.4 Å². The van der Waals surface area contributed by atoms with E-state index >= 15 is 0 Å². The van der Waals surface area contributed by atoms with E-state index in [9.17, 15) is 0 Å². The normalized spacial score (nSPS) is 14.1. The highest BCUT2D eigenvalue weighted by Crippen LogP contribution is 2.16. The van der Waals surface area contributed by atoms with E-state index < -0.39 is 0 Å². The van der Waals surface area contributed by atoms with Crippen molar-refractivity contribution in [3.05, 3.63) is 41.2 Å². The minimum absolute atomic E-state index is 0.0875. The van der Waals surface area contributed by atoms with Gasteiger partial charge in [-0.2, -0.15) is 4.37 Å². The molecule has 0 saturated heterocycles. The fraction of sp³-hybridized carbons (Fsp3) is 0.429. The molecule has 1 heterocycles. The minimum atomic E-state index is 0.0875. The highest BCUT2D eigenvalue weighted by molar-refractivity contribution is 7.09. The first-order valence-corrected chi connectivity index (χ1v) is 7.22. The Hall–Kier alpha value is -1.46. The lowest BCUT2D eigenvalue weighted by atomic mass is 10.1. The predicted octanol–water partition coefficient (Wildman–Crippen LogP) is 2.58. The van der Waals surface area contributed by atoms with Crippen molar-refractivity contribution in [3.8, 4) is 0 Å². The fourth-order valence-corrected chi connectivity index (χ4v) is 2.28. The lowest BCUT2D eigenvalue weighted by molar-refractivity contribution is 0.638. The van der Waals surface area contributed by atoms with Gasteiger partial charge in [0.1, 0.15) is 5.82 Å². The Morgan fingerprint density at radius 1 is 1.26 bits per heavy atom. The Morgan fingerprint density at radius 2 is 1.95 bits per heavy atom. The van der Waals surface area contributed by atoms with Gasteiger partial charge in [0.2, 0.25) is 5.13 Å². The van der Waals surface area contributed by atoms with Crippen molar-refractivity contribution in [3.63, 3.8) is 0 Å². The first-order valence-electron chi connectivity index (χ1n) is 6.45. The molecule has 3 N–H and O–H groups in total. The standard InChI is InChI=1S/C14H20N4S/c1-9-4-6-12(7-5-9)8-13-17-14(19-18-13)16-11(3)10(2)15/h4-7,10-11H,8,15H2,1-3H3,(H,16,17,18). The van der Waals surface area contributed by atoms with Crippen LogP contribution in [0.15, 0.2) is 24.3 Å². The van der Waals surface area contributed by atoms with E-state index in [2.05, 4.69) is 45.9 Å². The Balaban J connectivity index is 1.99. The van der Waals surface area contributed by atoms with Gasteiger partial charge in [0, 0.05) is 30.0 Å². The van der Waals surface area contributed by atoms with Gasteiger partial charge in [-0.25, -0.2) is 4.98 Å². The first-order chi connectivity index (χ1) is 9.04. The minimum Gasteiger partial charge on any atom is -0.356 e. The summed E-state index contributed by atoms with van der Waals surface area (Å²) in [5.74, 6) is 0.855. The summed E-state index contributed by atoms with van der Waals surface area (Å²) in [6.45, 7) is 6.11. The number of benzene rings is 1. The average Bonchev–Trinajstić information content (AvgIpc) is 2.79. The van der Waals surface area contributed by atoms with Crippen molar-refractivity contribution in [1.29, 1.82) is 0 Å². The van der Waals surface area contributed by atoms with Gasteiger partial charge in [-0.05, 0) is 26.3 Å². The molecule has 0 bridgehead atoms. The number of rotatable bonds is 5. The summed E-state index contributed by atoms with van der Waals surface area (Å²) in [7, 11) is 0. The number of hydrogen-bond donors (Lipinski definition) is 2. The number of nitrogens with zero attached hydrogens (tertiary/aromatic N) is 2. The number of nitrogens with one attached hydrogen (secondary N) is 1. The molecule has 0 saturated carbocycles. The number of aromatic nitrogens is 2. The quantitative estimate of drug-likeness (QED) is 0.881. The van der Waals surface area contributed by atoms with Crippen LogP contribution < -0.4 is 11.1 Å². The number of hydrogen-bond acceptors (Lipinski definition) is 5. The maximum atomic E-state index is 5.82. The molecule has 19 heavy (non-hydrogen) atoms. The molecule has 2 unspecified atom stereocenters. The summed E-state index contributed by atoms with van der Waals surface area (Å²) in [5.41, 5.74) is 8.32. The van der Waals surface area contributed by atoms with Crippen LogP contribution in [0.2, 0.25) is 0 Å². The molecular formula is C14H20N4S. The zero-order valence-corrected chi connectivity index (χ0v) is 12.4. The summed E-state index contributed by atoms with van der Waals surface area (Å²) in [6.07, 6.45) is 0.769. The Labute approximate surface area is 118 Å². The van der Waals surface area contributed by atoms with Gasteiger partial charge in [0.15, 0.2) is 0 Å². The number of aryl methyl sites for hydroxylation is 1. The van der Waals surface area contributed by atoms with Crippen molar-refractivity contribution in [2.24, 2.45) is 5.73 Å². The van der Waals surface area contributed by atoms with Crippen LogP contribution in [0, 0.1) is 6.92 Å². The smallest absolute Gasteiger partial charge is 0.202 e. The summed E-state index contributed by atoms with van der Waals surface area (Å²) < 4.78 is 4.37. The number of nitrogens with two attached hydrogens (primary N) is 1.